The third kappa shape index (κ3) is 3.22. The smallest absolute Gasteiger partial charge is 0.308 e. The van der Waals surface area contributed by atoms with Crippen LogP contribution < -0.4 is 0 Å². The summed E-state index contributed by atoms with van der Waals surface area (Å²) < 4.78 is 4.72. The summed E-state index contributed by atoms with van der Waals surface area (Å²) in [6.45, 7) is 2.44. The summed E-state index contributed by atoms with van der Waals surface area (Å²) in [6.07, 6.45) is 0.143. The zero-order chi connectivity index (χ0) is 12.1. The first kappa shape index (κ1) is 12.5. The summed E-state index contributed by atoms with van der Waals surface area (Å²) in [7, 11) is 0. The quantitative estimate of drug-likeness (QED) is 0.664. The number of aliphatic carboxylic acids is 1. The lowest BCUT2D eigenvalue weighted by molar-refractivity contribution is -0.144. The van der Waals surface area contributed by atoms with Gasteiger partial charge in [-0.05, 0) is 6.92 Å². The van der Waals surface area contributed by atoms with Gasteiger partial charge in [-0.25, -0.2) is 0 Å². The molecule has 0 spiro atoms. The zero-order valence-corrected chi connectivity index (χ0v) is 9.14. The van der Waals surface area contributed by atoms with E-state index in [1.54, 1.807) is 6.92 Å². The monoisotopic (exact) mass is 229 g/mol. The Kier molecular flexibility index (Phi) is 4.28. The van der Waals surface area contributed by atoms with Gasteiger partial charge in [0.1, 0.15) is 0 Å². The minimum atomic E-state index is -0.966. The highest BCUT2D eigenvalue weighted by Crippen LogP contribution is 2.17. The van der Waals surface area contributed by atoms with Crippen molar-refractivity contribution in [1.82, 2.24) is 4.90 Å². The van der Waals surface area contributed by atoms with Crippen molar-refractivity contribution in [2.24, 2.45) is 5.92 Å². The molecule has 90 valence electrons. The molecule has 1 rings (SSSR count). The molecular formula is C10H15NO5. The maximum atomic E-state index is 11.4. The summed E-state index contributed by atoms with van der Waals surface area (Å²) in [5, 5.41) is 8.74. The van der Waals surface area contributed by atoms with Crippen LogP contribution in [0.15, 0.2) is 0 Å². The fourth-order valence-electron chi connectivity index (χ4n) is 1.61. The van der Waals surface area contributed by atoms with Gasteiger partial charge in [-0.3, -0.25) is 14.4 Å². The summed E-state index contributed by atoms with van der Waals surface area (Å²) >= 11 is 0. The number of hydrogen-bond donors (Lipinski definition) is 1. The molecule has 1 atom stereocenters. The van der Waals surface area contributed by atoms with Crippen molar-refractivity contribution in [2.45, 2.75) is 19.8 Å². The Labute approximate surface area is 93.2 Å². The van der Waals surface area contributed by atoms with Crippen molar-refractivity contribution in [2.75, 3.05) is 19.7 Å². The number of likely N-dealkylation sites (tertiary alicyclic amines) is 1. The van der Waals surface area contributed by atoms with E-state index in [-0.39, 0.29) is 37.8 Å². The molecule has 0 radical (unpaired) electrons. The standard InChI is InChI=1S/C10H15NO5/c1-2-16-9(13)3-4-11-6-7(10(14)15)5-8(11)12/h7H,2-6H2,1H3,(H,14,15). The third-order valence-corrected chi connectivity index (χ3v) is 2.45. The van der Waals surface area contributed by atoms with E-state index >= 15 is 0 Å². The van der Waals surface area contributed by atoms with Gasteiger partial charge in [0.25, 0.3) is 0 Å². The van der Waals surface area contributed by atoms with Crippen LogP contribution in [0.2, 0.25) is 0 Å². The number of amides is 1. The van der Waals surface area contributed by atoms with Crippen LogP contribution in [0.5, 0.6) is 0 Å². The molecule has 1 amide bonds. The molecule has 0 bridgehead atoms. The number of esters is 1. The average Bonchev–Trinajstić information content (AvgIpc) is 2.58. The van der Waals surface area contributed by atoms with Gasteiger partial charge >= 0.3 is 11.9 Å². The summed E-state index contributed by atoms with van der Waals surface area (Å²) in [5.74, 6) is -2.19. The summed E-state index contributed by atoms with van der Waals surface area (Å²) in [4.78, 5) is 34.5. The minimum Gasteiger partial charge on any atom is -0.481 e. The van der Waals surface area contributed by atoms with Gasteiger partial charge < -0.3 is 14.7 Å². The number of hydrogen-bond acceptors (Lipinski definition) is 4. The number of ether oxygens (including phenoxy) is 1. The lowest BCUT2D eigenvalue weighted by Gasteiger charge is -2.14. The van der Waals surface area contributed by atoms with Gasteiger partial charge in [0.15, 0.2) is 0 Å². The third-order valence-electron chi connectivity index (χ3n) is 2.45. The van der Waals surface area contributed by atoms with Gasteiger partial charge in [0, 0.05) is 19.5 Å². The molecule has 16 heavy (non-hydrogen) atoms. The Hall–Kier alpha value is -1.59. The van der Waals surface area contributed by atoms with E-state index in [4.69, 9.17) is 9.84 Å². The molecule has 0 aromatic rings. The van der Waals surface area contributed by atoms with Crippen LogP contribution in [-0.2, 0) is 19.1 Å². The van der Waals surface area contributed by atoms with E-state index in [1.165, 1.54) is 4.90 Å². The highest BCUT2D eigenvalue weighted by molar-refractivity contribution is 5.86. The molecule has 0 aromatic heterocycles. The van der Waals surface area contributed by atoms with Crippen molar-refractivity contribution < 1.29 is 24.2 Å². The van der Waals surface area contributed by atoms with E-state index in [0.717, 1.165) is 0 Å². The SMILES string of the molecule is CCOC(=O)CCN1CC(C(=O)O)CC1=O. The largest absolute Gasteiger partial charge is 0.481 e. The van der Waals surface area contributed by atoms with Gasteiger partial charge in [-0.1, -0.05) is 0 Å². The second kappa shape index (κ2) is 5.48. The lowest BCUT2D eigenvalue weighted by atomic mass is 10.1. The number of rotatable bonds is 5. The molecule has 1 fully saturated rings. The Bertz CT molecular complexity index is 302. The number of carbonyl (C=O) groups excluding carboxylic acids is 2. The second-order valence-corrected chi connectivity index (χ2v) is 3.63. The number of carbonyl (C=O) groups is 3. The van der Waals surface area contributed by atoms with Crippen molar-refractivity contribution >= 4 is 17.8 Å². The van der Waals surface area contributed by atoms with Gasteiger partial charge in [0.05, 0.1) is 18.9 Å². The second-order valence-electron chi connectivity index (χ2n) is 3.63. The van der Waals surface area contributed by atoms with Crippen LogP contribution >= 0.6 is 0 Å². The van der Waals surface area contributed by atoms with Gasteiger partial charge in [0.2, 0.25) is 5.91 Å². The van der Waals surface area contributed by atoms with E-state index in [9.17, 15) is 14.4 Å². The molecule has 0 aromatic carbocycles. The highest BCUT2D eigenvalue weighted by atomic mass is 16.5. The molecule has 0 aliphatic carbocycles. The Balaban J connectivity index is 2.36. The average molecular weight is 229 g/mol. The van der Waals surface area contributed by atoms with Crippen LogP contribution in [-0.4, -0.2) is 47.5 Å². The molecule has 1 unspecified atom stereocenters. The van der Waals surface area contributed by atoms with E-state index in [2.05, 4.69) is 0 Å². The number of carboxylic acid groups (broad SMARTS) is 1. The zero-order valence-electron chi connectivity index (χ0n) is 9.14. The minimum absolute atomic E-state index is 0.0260. The molecule has 6 nitrogen and oxygen atoms in total. The maximum absolute atomic E-state index is 11.4. The van der Waals surface area contributed by atoms with Gasteiger partial charge in [-0.2, -0.15) is 0 Å². The molecule has 1 aliphatic rings. The van der Waals surface area contributed by atoms with E-state index < -0.39 is 11.9 Å². The predicted octanol–water partition coefficient (Wildman–Crippen LogP) is -0.127. The fourth-order valence-corrected chi connectivity index (χ4v) is 1.61. The molecule has 1 N–H and O–H groups in total. The summed E-state index contributed by atoms with van der Waals surface area (Å²) in [6, 6.07) is 0. The van der Waals surface area contributed by atoms with E-state index in [1.807, 2.05) is 0 Å². The van der Waals surface area contributed by atoms with Crippen molar-refractivity contribution in [3.05, 3.63) is 0 Å². The Morgan fingerprint density at radius 3 is 2.75 bits per heavy atom. The number of carboxylic acids is 1. The van der Waals surface area contributed by atoms with Gasteiger partial charge in [-0.15, -0.1) is 0 Å². The molecular weight excluding hydrogens is 214 g/mol. The summed E-state index contributed by atoms with van der Waals surface area (Å²) in [5.41, 5.74) is 0. The van der Waals surface area contributed by atoms with E-state index in [0.29, 0.717) is 6.61 Å². The molecule has 1 heterocycles. The van der Waals surface area contributed by atoms with Crippen LogP contribution in [0.1, 0.15) is 19.8 Å². The number of nitrogens with zero attached hydrogens (tertiary/aromatic N) is 1. The van der Waals surface area contributed by atoms with Crippen LogP contribution in [0.25, 0.3) is 0 Å². The predicted molar refractivity (Wildman–Crippen MR) is 53.6 cm³/mol. The normalized spacial score (nSPS) is 19.9. The first-order valence-electron chi connectivity index (χ1n) is 5.20. The van der Waals surface area contributed by atoms with Crippen molar-refractivity contribution in [3.8, 4) is 0 Å². The first-order chi connectivity index (χ1) is 7.54. The Morgan fingerprint density at radius 1 is 1.56 bits per heavy atom. The molecule has 1 aliphatic heterocycles. The highest BCUT2D eigenvalue weighted by Gasteiger charge is 2.34. The Morgan fingerprint density at radius 2 is 2.25 bits per heavy atom. The lowest BCUT2D eigenvalue weighted by Crippen LogP contribution is -2.29. The molecule has 6 heteroatoms. The topological polar surface area (TPSA) is 83.9 Å². The van der Waals surface area contributed by atoms with Crippen LogP contribution in [0, 0.1) is 5.92 Å². The molecule has 0 saturated carbocycles. The first-order valence-corrected chi connectivity index (χ1v) is 5.20. The van der Waals surface area contributed by atoms with Crippen LogP contribution in [0.3, 0.4) is 0 Å². The van der Waals surface area contributed by atoms with Crippen LogP contribution in [0.4, 0.5) is 0 Å². The molecule has 1 saturated heterocycles. The van der Waals surface area contributed by atoms with Crippen molar-refractivity contribution in [1.29, 1.82) is 0 Å². The maximum Gasteiger partial charge on any atom is 0.308 e. The fraction of sp³-hybridized carbons (Fsp3) is 0.700. The van der Waals surface area contributed by atoms with Crippen molar-refractivity contribution in [3.63, 3.8) is 0 Å².